The van der Waals surface area contributed by atoms with Crippen molar-refractivity contribution in [2.24, 2.45) is 5.73 Å². The van der Waals surface area contributed by atoms with Crippen LogP contribution in [0.3, 0.4) is 0 Å². The SMILES string of the molecule is NC(=O)c1ccc[nH]1.O=C1C=CNC1=O. The summed E-state index contributed by atoms with van der Waals surface area (Å²) in [4.78, 5) is 33.0. The molecule has 2 heterocycles. The topological polar surface area (TPSA) is 105 Å². The monoisotopic (exact) mass is 207 g/mol. The maximum atomic E-state index is 10.3. The number of nitrogens with one attached hydrogen (secondary N) is 2. The zero-order valence-electron chi connectivity index (χ0n) is 7.69. The molecular formula is C9H9N3O3. The Bertz CT molecular complexity index is 406. The lowest BCUT2D eigenvalue weighted by molar-refractivity contribution is -0.133. The minimum Gasteiger partial charge on any atom is -0.364 e. The van der Waals surface area contributed by atoms with Crippen LogP contribution in [-0.4, -0.2) is 22.6 Å². The van der Waals surface area contributed by atoms with Crippen molar-refractivity contribution in [3.63, 3.8) is 0 Å². The molecule has 1 aliphatic rings. The molecule has 0 unspecified atom stereocenters. The second kappa shape index (κ2) is 4.75. The number of ketones is 1. The minimum atomic E-state index is -0.542. The van der Waals surface area contributed by atoms with Crippen LogP contribution in [0.1, 0.15) is 10.5 Å². The van der Waals surface area contributed by atoms with E-state index >= 15 is 0 Å². The molecule has 6 nitrogen and oxygen atoms in total. The number of carbonyl (C=O) groups excluding carboxylic acids is 3. The average molecular weight is 207 g/mol. The van der Waals surface area contributed by atoms with E-state index in [1.165, 1.54) is 12.3 Å². The van der Waals surface area contributed by atoms with E-state index < -0.39 is 17.6 Å². The van der Waals surface area contributed by atoms with E-state index in [1.807, 2.05) is 0 Å². The third-order valence-electron chi connectivity index (χ3n) is 1.54. The normalized spacial score (nSPS) is 13.1. The molecule has 4 N–H and O–H groups in total. The molecular weight excluding hydrogens is 198 g/mol. The molecule has 0 saturated heterocycles. The highest BCUT2D eigenvalue weighted by molar-refractivity contribution is 6.42. The van der Waals surface area contributed by atoms with Gasteiger partial charge in [-0.1, -0.05) is 0 Å². The second-order valence-corrected chi connectivity index (χ2v) is 2.62. The van der Waals surface area contributed by atoms with Crippen LogP contribution in [0.25, 0.3) is 0 Å². The standard InChI is InChI=1S/C5H6N2O.C4H3NO2/c6-5(8)4-2-1-3-7-4;6-3-1-2-5-4(3)7/h1-3,7H,(H2,6,8);1-2H,(H,5,6,7). The minimum absolute atomic E-state index is 0.421. The van der Waals surface area contributed by atoms with Gasteiger partial charge in [0.05, 0.1) is 0 Å². The maximum absolute atomic E-state index is 10.3. The number of nitrogens with two attached hydrogens (primary N) is 1. The summed E-state index contributed by atoms with van der Waals surface area (Å²) >= 11 is 0. The largest absolute Gasteiger partial charge is 0.364 e. The molecule has 0 aromatic carbocycles. The number of aromatic amines is 1. The Labute approximate surface area is 85.1 Å². The van der Waals surface area contributed by atoms with Gasteiger partial charge < -0.3 is 16.0 Å². The second-order valence-electron chi connectivity index (χ2n) is 2.62. The van der Waals surface area contributed by atoms with Gasteiger partial charge in [0, 0.05) is 18.5 Å². The first-order chi connectivity index (χ1) is 7.11. The Morgan fingerprint density at radius 1 is 1.33 bits per heavy atom. The van der Waals surface area contributed by atoms with Crippen molar-refractivity contribution in [3.05, 3.63) is 36.3 Å². The molecule has 6 heteroatoms. The van der Waals surface area contributed by atoms with Gasteiger partial charge >= 0.3 is 0 Å². The fourth-order valence-corrected chi connectivity index (χ4v) is 0.823. The molecule has 0 fully saturated rings. The summed E-state index contributed by atoms with van der Waals surface area (Å²) in [6.45, 7) is 0. The first-order valence-electron chi connectivity index (χ1n) is 4.06. The van der Waals surface area contributed by atoms with Crippen molar-refractivity contribution in [2.75, 3.05) is 0 Å². The molecule has 2 amide bonds. The Morgan fingerprint density at radius 2 is 2.07 bits per heavy atom. The molecule has 0 aliphatic carbocycles. The van der Waals surface area contributed by atoms with Crippen LogP contribution < -0.4 is 11.1 Å². The van der Waals surface area contributed by atoms with E-state index in [-0.39, 0.29) is 0 Å². The summed E-state index contributed by atoms with van der Waals surface area (Å²) in [7, 11) is 0. The first kappa shape index (κ1) is 10.7. The van der Waals surface area contributed by atoms with Gasteiger partial charge in [-0.05, 0) is 12.1 Å². The fraction of sp³-hybridized carbons (Fsp3) is 0. The van der Waals surface area contributed by atoms with E-state index in [9.17, 15) is 14.4 Å². The van der Waals surface area contributed by atoms with Crippen molar-refractivity contribution >= 4 is 17.6 Å². The lowest BCUT2D eigenvalue weighted by atomic mass is 10.4. The van der Waals surface area contributed by atoms with Gasteiger partial charge in [0.1, 0.15) is 5.69 Å². The Hall–Kier alpha value is -2.37. The molecule has 1 aromatic rings. The lowest BCUT2D eigenvalue weighted by Crippen LogP contribution is -2.17. The predicted molar refractivity (Wildman–Crippen MR) is 51.6 cm³/mol. The molecule has 0 atom stereocenters. The highest BCUT2D eigenvalue weighted by atomic mass is 16.2. The summed E-state index contributed by atoms with van der Waals surface area (Å²) in [6, 6.07) is 3.35. The van der Waals surface area contributed by atoms with Crippen molar-refractivity contribution in [1.82, 2.24) is 10.3 Å². The number of primary amides is 1. The highest BCUT2D eigenvalue weighted by Crippen LogP contribution is 1.89. The first-order valence-corrected chi connectivity index (χ1v) is 4.06. The van der Waals surface area contributed by atoms with Gasteiger partial charge in [-0.3, -0.25) is 14.4 Å². The number of aromatic nitrogens is 1. The van der Waals surface area contributed by atoms with Crippen LogP contribution in [0.15, 0.2) is 30.6 Å². The lowest BCUT2D eigenvalue weighted by Gasteiger charge is -1.82. The Kier molecular flexibility index (Phi) is 3.39. The number of amides is 2. The average Bonchev–Trinajstić information content (AvgIpc) is 2.80. The third-order valence-corrected chi connectivity index (χ3v) is 1.54. The fourth-order valence-electron chi connectivity index (χ4n) is 0.823. The van der Waals surface area contributed by atoms with Crippen LogP contribution in [0.5, 0.6) is 0 Å². The zero-order chi connectivity index (χ0) is 11.3. The van der Waals surface area contributed by atoms with E-state index in [0.29, 0.717) is 5.69 Å². The van der Waals surface area contributed by atoms with Crippen molar-refractivity contribution in [1.29, 1.82) is 0 Å². The summed E-state index contributed by atoms with van der Waals surface area (Å²) in [5.41, 5.74) is 5.34. The van der Waals surface area contributed by atoms with Crippen molar-refractivity contribution < 1.29 is 14.4 Å². The number of H-pyrrole nitrogens is 1. The molecule has 78 valence electrons. The van der Waals surface area contributed by atoms with Crippen LogP contribution in [0.2, 0.25) is 0 Å². The van der Waals surface area contributed by atoms with Gasteiger partial charge in [0.25, 0.3) is 11.8 Å². The summed E-state index contributed by atoms with van der Waals surface area (Å²) in [5.74, 6) is -1.44. The van der Waals surface area contributed by atoms with Gasteiger partial charge in [-0.2, -0.15) is 0 Å². The highest BCUT2D eigenvalue weighted by Gasteiger charge is 2.12. The number of hydrogen-bond donors (Lipinski definition) is 3. The van der Waals surface area contributed by atoms with Gasteiger partial charge in [-0.15, -0.1) is 0 Å². The maximum Gasteiger partial charge on any atom is 0.295 e. The smallest absolute Gasteiger partial charge is 0.295 e. The van der Waals surface area contributed by atoms with Gasteiger partial charge in [-0.25, -0.2) is 0 Å². The van der Waals surface area contributed by atoms with Gasteiger partial charge in [0.15, 0.2) is 0 Å². The van der Waals surface area contributed by atoms with Crippen LogP contribution in [0, 0.1) is 0 Å². The molecule has 0 saturated carbocycles. The molecule has 1 aliphatic heterocycles. The number of carbonyl (C=O) groups is 3. The van der Waals surface area contributed by atoms with Crippen LogP contribution in [0.4, 0.5) is 0 Å². The van der Waals surface area contributed by atoms with E-state index in [4.69, 9.17) is 5.73 Å². The van der Waals surface area contributed by atoms with E-state index in [2.05, 4.69) is 10.3 Å². The third kappa shape index (κ3) is 3.11. The number of rotatable bonds is 1. The molecule has 2 rings (SSSR count). The molecule has 1 aromatic heterocycles. The number of hydrogen-bond acceptors (Lipinski definition) is 3. The molecule has 0 radical (unpaired) electrons. The summed E-state index contributed by atoms with van der Waals surface area (Å²) in [5, 5.41) is 2.20. The quantitative estimate of drug-likeness (QED) is 0.531. The van der Waals surface area contributed by atoms with Gasteiger partial charge in [0.2, 0.25) is 5.78 Å². The summed E-state index contributed by atoms with van der Waals surface area (Å²) < 4.78 is 0. The van der Waals surface area contributed by atoms with E-state index in [1.54, 1.807) is 18.3 Å². The molecule has 15 heavy (non-hydrogen) atoms. The molecule has 0 spiro atoms. The predicted octanol–water partition coefficient (Wildman–Crippen LogP) is -0.687. The summed E-state index contributed by atoms with van der Waals surface area (Å²) in [6.07, 6.45) is 4.17. The van der Waals surface area contributed by atoms with E-state index in [0.717, 1.165) is 0 Å². The van der Waals surface area contributed by atoms with Crippen molar-refractivity contribution in [2.45, 2.75) is 0 Å². The zero-order valence-corrected chi connectivity index (χ0v) is 7.69. The Balaban J connectivity index is 0.000000151. The Morgan fingerprint density at radius 3 is 2.27 bits per heavy atom. The van der Waals surface area contributed by atoms with Crippen LogP contribution >= 0.6 is 0 Å². The van der Waals surface area contributed by atoms with Crippen molar-refractivity contribution in [3.8, 4) is 0 Å². The van der Waals surface area contributed by atoms with Crippen LogP contribution in [-0.2, 0) is 9.59 Å². The molecule has 0 bridgehead atoms.